The largest absolute Gasteiger partial charge is 0.482 e. The zero-order chi connectivity index (χ0) is 25.7. The number of carbonyl (C=O) groups is 1. The topological polar surface area (TPSA) is 55.8 Å². The number of aliphatic hydroxyl groups is 1. The lowest BCUT2D eigenvalue weighted by Crippen LogP contribution is -2.60. The molecule has 1 N–H and O–H groups in total. The molecular formula is C24H19F6O4S+. The fraction of sp³-hybridized carbons (Fsp3) is 0.208. The molecule has 0 radical (unpaired) electrons. The van der Waals surface area contributed by atoms with Gasteiger partial charge in [0.1, 0.15) is 12.4 Å². The van der Waals surface area contributed by atoms with Crippen molar-refractivity contribution in [3.63, 3.8) is 0 Å². The van der Waals surface area contributed by atoms with E-state index in [1.165, 1.54) is 12.1 Å². The van der Waals surface area contributed by atoms with Crippen LogP contribution in [0.3, 0.4) is 0 Å². The van der Waals surface area contributed by atoms with Crippen LogP contribution in [-0.2, 0) is 20.4 Å². The summed E-state index contributed by atoms with van der Waals surface area (Å²) in [6.45, 7) is -3.29. The lowest BCUT2D eigenvalue weighted by molar-refractivity contribution is -0.375. The van der Waals surface area contributed by atoms with Crippen LogP contribution in [0, 0.1) is 0 Å². The Morgan fingerprint density at radius 3 is 1.57 bits per heavy atom. The van der Waals surface area contributed by atoms with Crippen LogP contribution in [0.2, 0.25) is 0 Å². The van der Waals surface area contributed by atoms with Crippen LogP contribution in [0.5, 0.6) is 5.75 Å². The molecule has 0 bridgehead atoms. The molecule has 3 aromatic carbocycles. The quantitative estimate of drug-likeness (QED) is 0.242. The Labute approximate surface area is 199 Å². The molecule has 0 aromatic heterocycles. The van der Waals surface area contributed by atoms with Gasteiger partial charge >= 0.3 is 18.3 Å². The third kappa shape index (κ3) is 6.29. The molecule has 0 aliphatic heterocycles. The molecule has 0 amide bonds. The number of alkyl halides is 6. The number of hydrogen-bond acceptors (Lipinski definition) is 4. The van der Waals surface area contributed by atoms with E-state index in [2.05, 4.69) is 4.74 Å². The molecule has 0 aliphatic rings. The highest BCUT2D eigenvalue weighted by atomic mass is 32.2. The standard InChI is InChI=1S/C24H19F6O4S/c25-23(26,27)22(32,24(28,29)30)16-34-21(31)15-33-17-11-13-20(14-12-17)35(18-7-3-1-4-8-18)19-9-5-2-6-10-19/h1-14,32H,15-16H2/q+1. The van der Waals surface area contributed by atoms with Crippen LogP contribution in [0.1, 0.15) is 0 Å². The van der Waals surface area contributed by atoms with Gasteiger partial charge in [-0.2, -0.15) is 26.3 Å². The van der Waals surface area contributed by atoms with Gasteiger partial charge in [0.15, 0.2) is 21.3 Å². The van der Waals surface area contributed by atoms with Gasteiger partial charge in [-0.15, -0.1) is 0 Å². The van der Waals surface area contributed by atoms with Gasteiger partial charge in [0.2, 0.25) is 0 Å². The fourth-order valence-electron chi connectivity index (χ4n) is 2.89. The number of ether oxygens (including phenoxy) is 2. The Morgan fingerprint density at radius 2 is 1.14 bits per heavy atom. The van der Waals surface area contributed by atoms with Crippen LogP contribution in [0.15, 0.2) is 99.6 Å². The first-order valence-corrected chi connectivity index (χ1v) is 11.2. The Kier molecular flexibility index (Phi) is 8.01. The van der Waals surface area contributed by atoms with Crippen LogP contribution < -0.4 is 4.74 Å². The number of carbonyl (C=O) groups excluding carboxylic acids is 1. The highest BCUT2D eigenvalue weighted by Gasteiger charge is 2.71. The summed E-state index contributed by atoms with van der Waals surface area (Å²) < 4.78 is 85.1. The molecule has 0 heterocycles. The fourth-order valence-corrected chi connectivity index (χ4v) is 4.97. The van der Waals surface area contributed by atoms with Gasteiger partial charge in [-0.05, 0) is 48.5 Å². The van der Waals surface area contributed by atoms with E-state index in [1.54, 1.807) is 12.1 Å². The average Bonchev–Trinajstić information content (AvgIpc) is 2.82. The number of halogens is 6. The molecule has 3 aromatic rings. The summed E-state index contributed by atoms with van der Waals surface area (Å²) >= 11 is 0. The van der Waals surface area contributed by atoms with E-state index >= 15 is 0 Å². The molecule has 0 unspecified atom stereocenters. The van der Waals surface area contributed by atoms with Crippen LogP contribution >= 0.6 is 0 Å². The molecule has 0 aliphatic carbocycles. The second-order valence-corrected chi connectivity index (χ2v) is 9.24. The first-order valence-electron chi connectivity index (χ1n) is 10.0. The maximum atomic E-state index is 12.7. The van der Waals surface area contributed by atoms with Gasteiger partial charge in [-0.3, -0.25) is 0 Å². The lowest BCUT2D eigenvalue weighted by Gasteiger charge is -2.31. The summed E-state index contributed by atoms with van der Waals surface area (Å²) in [5.74, 6) is -1.35. The number of esters is 1. The molecule has 0 fully saturated rings. The van der Waals surface area contributed by atoms with Gasteiger partial charge in [0.25, 0.3) is 5.60 Å². The minimum atomic E-state index is -6.09. The zero-order valence-electron chi connectivity index (χ0n) is 17.8. The monoisotopic (exact) mass is 517 g/mol. The van der Waals surface area contributed by atoms with Crippen LogP contribution in [0.25, 0.3) is 0 Å². The normalized spacial score (nSPS) is 12.5. The summed E-state index contributed by atoms with van der Waals surface area (Å²) in [7, 11) is -0.454. The van der Waals surface area contributed by atoms with Gasteiger partial charge < -0.3 is 14.6 Å². The number of hydrogen-bond donors (Lipinski definition) is 1. The van der Waals surface area contributed by atoms with E-state index in [0.717, 1.165) is 14.7 Å². The van der Waals surface area contributed by atoms with Crippen molar-refractivity contribution in [2.45, 2.75) is 32.6 Å². The van der Waals surface area contributed by atoms with Crippen molar-refractivity contribution in [2.75, 3.05) is 13.2 Å². The predicted molar refractivity (Wildman–Crippen MR) is 115 cm³/mol. The minimum Gasteiger partial charge on any atom is -0.482 e. The molecule has 11 heteroatoms. The third-order valence-corrected chi connectivity index (χ3v) is 6.98. The molecule has 4 nitrogen and oxygen atoms in total. The Morgan fingerprint density at radius 1 is 0.714 bits per heavy atom. The minimum absolute atomic E-state index is 0.150. The van der Waals surface area contributed by atoms with Crippen LogP contribution in [-0.4, -0.2) is 42.2 Å². The average molecular weight is 517 g/mol. The first kappa shape index (κ1) is 26.4. The van der Waals surface area contributed by atoms with Gasteiger partial charge in [-0.25, -0.2) is 4.79 Å². The van der Waals surface area contributed by atoms with Crippen molar-refractivity contribution in [3.8, 4) is 5.75 Å². The zero-order valence-corrected chi connectivity index (χ0v) is 18.7. The molecule has 35 heavy (non-hydrogen) atoms. The van der Waals surface area contributed by atoms with E-state index in [1.807, 2.05) is 60.7 Å². The summed E-state index contributed by atoms with van der Waals surface area (Å²) in [4.78, 5) is 14.7. The highest BCUT2D eigenvalue weighted by molar-refractivity contribution is 7.97. The predicted octanol–water partition coefficient (Wildman–Crippen LogP) is 5.56. The molecule has 0 saturated carbocycles. The SMILES string of the molecule is O=C(COc1ccc([S+](c2ccccc2)c2ccccc2)cc1)OCC(O)(C(F)(F)F)C(F)(F)F. The van der Waals surface area contributed by atoms with Crippen molar-refractivity contribution in [1.29, 1.82) is 0 Å². The maximum Gasteiger partial charge on any atom is 0.429 e. The second kappa shape index (κ2) is 10.6. The Balaban J connectivity index is 1.66. The Bertz CT molecular complexity index is 1050. The van der Waals surface area contributed by atoms with E-state index in [9.17, 15) is 31.1 Å². The highest BCUT2D eigenvalue weighted by Crippen LogP contribution is 2.43. The van der Waals surface area contributed by atoms with Crippen molar-refractivity contribution in [2.24, 2.45) is 0 Å². The van der Waals surface area contributed by atoms with E-state index in [0.29, 0.717) is 0 Å². The van der Waals surface area contributed by atoms with Crippen LogP contribution in [0.4, 0.5) is 26.3 Å². The van der Waals surface area contributed by atoms with Gasteiger partial charge in [0, 0.05) is 0 Å². The smallest absolute Gasteiger partial charge is 0.429 e. The summed E-state index contributed by atoms with van der Waals surface area (Å²) in [5, 5.41) is 9.02. The van der Waals surface area contributed by atoms with Crippen molar-refractivity contribution >= 4 is 16.9 Å². The summed E-state index contributed by atoms with van der Waals surface area (Å²) in [6, 6.07) is 25.9. The molecule has 0 saturated heterocycles. The van der Waals surface area contributed by atoms with Crippen molar-refractivity contribution < 1.29 is 45.7 Å². The molecule has 3 rings (SSSR count). The third-order valence-electron chi connectivity index (χ3n) is 4.75. The van der Waals surface area contributed by atoms with Gasteiger partial charge in [0.05, 0.1) is 10.9 Å². The van der Waals surface area contributed by atoms with Gasteiger partial charge in [-0.1, -0.05) is 36.4 Å². The molecular weight excluding hydrogens is 498 g/mol. The lowest BCUT2D eigenvalue weighted by atomic mass is 10.0. The van der Waals surface area contributed by atoms with E-state index in [-0.39, 0.29) is 5.75 Å². The number of rotatable bonds is 8. The second-order valence-electron chi connectivity index (χ2n) is 7.21. The first-order chi connectivity index (χ1) is 16.4. The molecule has 186 valence electrons. The molecule has 0 atom stereocenters. The van der Waals surface area contributed by atoms with E-state index in [4.69, 9.17) is 9.84 Å². The van der Waals surface area contributed by atoms with Crippen molar-refractivity contribution in [3.05, 3.63) is 84.9 Å². The Hall–Kier alpha value is -3.18. The summed E-state index contributed by atoms with van der Waals surface area (Å²) in [6.07, 6.45) is -12.2. The van der Waals surface area contributed by atoms with E-state index < -0.39 is 48.0 Å². The summed E-state index contributed by atoms with van der Waals surface area (Å²) in [5.41, 5.74) is -5.18. The maximum absolute atomic E-state index is 12.7. The van der Waals surface area contributed by atoms with Crippen molar-refractivity contribution in [1.82, 2.24) is 0 Å². The molecule has 0 spiro atoms. The number of benzene rings is 3.